The number of methoxy groups -OCH3 is 2. The van der Waals surface area contributed by atoms with E-state index in [1.807, 2.05) is 0 Å². The van der Waals surface area contributed by atoms with Gasteiger partial charge in [0, 0.05) is 11.4 Å². The first-order valence-electron chi connectivity index (χ1n) is 6.72. The van der Waals surface area contributed by atoms with Gasteiger partial charge in [-0.2, -0.15) is 0 Å². The van der Waals surface area contributed by atoms with E-state index >= 15 is 0 Å². The van der Waals surface area contributed by atoms with Gasteiger partial charge in [-0.3, -0.25) is 0 Å². The molecule has 8 heteroatoms. The molecule has 0 aliphatic heterocycles. The van der Waals surface area contributed by atoms with E-state index < -0.39 is 21.2 Å². The van der Waals surface area contributed by atoms with E-state index in [0.29, 0.717) is 10.6 Å². The molecular formula is C15H17NO5S2. The van der Waals surface area contributed by atoms with Gasteiger partial charge < -0.3 is 14.8 Å². The first-order valence-corrected chi connectivity index (χ1v) is 9.15. The van der Waals surface area contributed by atoms with Gasteiger partial charge in [-0.25, -0.2) is 13.2 Å². The highest BCUT2D eigenvalue weighted by Crippen LogP contribution is 2.32. The lowest BCUT2D eigenvalue weighted by atomic mass is 10.3. The topological polar surface area (TPSA) is 81.7 Å². The summed E-state index contributed by atoms with van der Waals surface area (Å²) in [6.07, 6.45) is -0.670. The maximum absolute atomic E-state index is 12.9. The van der Waals surface area contributed by atoms with Crippen LogP contribution < -0.4 is 10.1 Å². The fraction of sp³-hybridized carbons (Fsp3) is 0.267. The van der Waals surface area contributed by atoms with Crippen LogP contribution in [0.3, 0.4) is 0 Å². The fourth-order valence-corrected chi connectivity index (χ4v) is 4.80. The maximum atomic E-state index is 12.9. The Bertz CT molecular complexity index is 739. The highest BCUT2D eigenvalue weighted by Gasteiger charge is 2.30. The van der Waals surface area contributed by atoms with Gasteiger partial charge in [0.25, 0.3) is 0 Å². The van der Waals surface area contributed by atoms with Crippen LogP contribution in [0.1, 0.15) is 10.1 Å². The quantitative estimate of drug-likeness (QED) is 0.861. The summed E-state index contributed by atoms with van der Waals surface area (Å²) in [6, 6.07) is 9.67. The first kappa shape index (κ1) is 17.3. The van der Waals surface area contributed by atoms with E-state index in [1.165, 1.54) is 37.7 Å². The van der Waals surface area contributed by atoms with Crippen LogP contribution in [0.25, 0.3) is 0 Å². The maximum Gasteiger partial charge on any atom is 0.406 e. The lowest BCUT2D eigenvalue weighted by Crippen LogP contribution is -2.31. The fourth-order valence-electron chi connectivity index (χ4n) is 2.02. The van der Waals surface area contributed by atoms with Crippen molar-refractivity contribution in [3.05, 3.63) is 46.7 Å². The van der Waals surface area contributed by atoms with E-state index in [-0.39, 0.29) is 11.4 Å². The number of hydrogen-bond donors (Lipinski definition) is 1. The molecule has 6 nitrogen and oxygen atoms in total. The van der Waals surface area contributed by atoms with Gasteiger partial charge in [-0.1, -0.05) is 6.07 Å². The number of thiophene rings is 1. The summed E-state index contributed by atoms with van der Waals surface area (Å²) in [6.45, 7) is -0.0679. The number of carbonyl (C=O) groups excluding carboxylic acids is 1. The Labute approximate surface area is 139 Å². The SMILES string of the molecule is COC(=O)NCC(c1cccs1)S(=O)(=O)c1ccc(OC)cc1. The minimum absolute atomic E-state index is 0.0679. The standard InChI is InChI=1S/C15H17NO5S2/c1-20-11-5-7-12(8-6-11)23(18,19)14(10-16-15(17)21-2)13-4-3-9-22-13/h3-9,14H,10H2,1-2H3,(H,16,17). The monoisotopic (exact) mass is 355 g/mol. The van der Waals surface area contributed by atoms with E-state index in [1.54, 1.807) is 29.6 Å². The van der Waals surface area contributed by atoms with Crippen molar-refractivity contribution in [3.63, 3.8) is 0 Å². The van der Waals surface area contributed by atoms with Gasteiger partial charge in [0.1, 0.15) is 11.0 Å². The zero-order chi connectivity index (χ0) is 16.9. The Balaban J connectivity index is 2.33. The number of rotatable bonds is 6. The van der Waals surface area contributed by atoms with Gasteiger partial charge in [0.15, 0.2) is 9.84 Å². The number of ether oxygens (including phenoxy) is 2. The highest BCUT2D eigenvalue weighted by molar-refractivity contribution is 7.91. The lowest BCUT2D eigenvalue weighted by Gasteiger charge is -2.17. The van der Waals surface area contributed by atoms with Crippen LogP contribution in [0.15, 0.2) is 46.7 Å². The smallest absolute Gasteiger partial charge is 0.406 e. The summed E-state index contributed by atoms with van der Waals surface area (Å²) in [5.74, 6) is 0.573. The van der Waals surface area contributed by atoms with Crippen LogP contribution in [0.2, 0.25) is 0 Å². The Morgan fingerprint density at radius 2 is 1.91 bits per heavy atom. The molecule has 124 valence electrons. The summed E-state index contributed by atoms with van der Waals surface area (Å²) in [4.78, 5) is 12.1. The Hall–Kier alpha value is -2.06. The number of sulfone groups is 1. The summed E-state index contributed by atoms with van der Waals surface area (Å²) in [5.41, 5.74) is 0. The van der Waals surface area contributed by atoms with Crippen LogP contribution in [-0.2, 0) is 14.6 Å². The molecule has 1 heterocycles. The molecule has 2 aromatic rings. The predicted octanol–water partition coefficient (Wildman–Crippen LogP) is 2.63. The third-order valence-electron chi connectivity index (χ3n) is 3.24. The van der Waals surface area contributed by atoms with Gasteiger partial charge in [0.05, 0.1) is 19.1 Å². The second-order valence-corrected chi connectivity index (χ2v) is 7.71. The number of alkyl carbamates (subject to hydrolysis) is 1. The molecule has 1 aromatic carbocycles. The molecule has 0 aliphatic rings. The van der Waals surface area contributed by atoms with E-state index in [9.17, 15) is 13.2 Å². The van der Waals surface area contributed by atoms with Crippen LogP contribution in [0.5, 0.6) is 5.75 Å². The molecule has 2 rings (SSSR count). The Morgan fingerprint density at radius 3 is 2.43 bits per heavy atom. The third-order valence-corrected chi connectivity index (χ3v) is 6.47. The normalized spacial score (nSPS) is 12.4. The molecule has 0 spiro atoms. The van der Waals surface area contributed by atoms with Gasteiger partial charge in [0.2, 0.25) is 0 Å². The summed E-state index contributed by atoms with van der Waals surface area (Å²) >= 11 is 1.32. The van der Waals surface area contributed by atoms with Crippen LogP contribution >= 0.6 is 11.3 Å². The molecule has 0 aliphatic carbocycles. The number of carbonyl (C=O) groups is 1. The zero-order valence-corrected chi connectivity index (χ0v) is 14.3. The molecule has 1 atom stereocenters. The molecule has 0 fully saturated rings. The molecule has 0 saturated heterocycles. The molecule has 1 aromatic heterocycles. The molecule has 0 radical (unpaired) electrons. The number of hydrogen-bond acceptors (Lipinski definition) is 6. The molecule has 0 bridgehead atoms. The highest BCUT2D eigenvalue weighted by atomic mass is 32.2. The van der Waals surface area contributed by atoms with Crippen molar-refractivity contribution >= 4 is 27.3 Å². The molecule has 1 N–H and O–H groups in total. The largest absolute Gasteiger partial charge is 0.497 e. The average Bonchev–Trinajstić information content (AvgIpc) is 3.08. The van der Waals surface area contributed by atoms with Crippen molar-refractivity contribution in [2.24, 2.45) is 0 Å². The van der Waals surface area contributed by atoms with Gasteiger partial charge >= 0.3 is 6.09 Å². The lowest BCUT2D eigenvalue weighted by molar-refractivity contribution is 0.171. The van der Waals surface area contributed by atoms with Crippen LogP contribution in [0.4, 0.5) is 4.79 Å². The van der Waals surface area contributed by atoms with Crippen molar-refractivity contribution in [2.45, 2.75) is 10.1 Å². The van der Waals surface area contributed by atoms with E-state index in [2.05, 4.69) is 10.1 Å². The minimum atomic E-state index is -3.67. The predicted molar refractivity (Wildman–Crippen MR) is 87.6 cm³/mol. The second-order valence-electron chi connectivity index (χ2n) is 4.60. The second kappa shape index (κ2) is 7.47. The Kier molecular flexibility index (Phi) is 5.62. The zero-order valence-electron chi connectivity index (χ0n) is 12.7. The van der Waals surface area contributed by atoms with Crippen molar-refractivity contribution in [3.8, 4) is 5.75 Å². The first-order chi connectivity index (χ1) is 11.0. The summed E-state index contributed by atoms with van der Waals surface area (Å²) in [7, 11) is -0.927. The van der Waals surface area contributed by atoms with Crippen molar-refractivity contribution in [2.75, 3.05) is 20.8 Å². The molecular weight excluding hydrogens is 338 g/mol. The van der Waals surface area contributed by atoms with Crippen molar-refractivity contribution in [1.82, 2.24) is 5.32 Å². The molecule has 1 unspecified atom stereocenters. The van der Waals surface area contributed by atoms with E-state index in [4.69, 9.17) is 4.74 Å². The Morgan fingerprint density at radius 1 is 1.22 bits per heavy atom. The van der Waals surface area contributed by atoms with Crippen LogP contribution in [0, 0.1) is 0 Å². The third kappa shape index (κ3) is 4.02. The van der Waals surface area contributed by atoms with Crippen molar-refractivity contribution < 1.29 is 22.7 Å². The molecule has 23 heavy (non-hydrogen) atoms. The summed E-state index contributed by atoms with van der Waals surface area (Å²) in [5, 5.41) is 3.38. The van der Waals surface area contributed by atoms with E-state index in [0.717, 1.165) is 0 Å². The average molecular weight is 355 g/mol. The number of amides is 1. The minimum Gasteiger partial charge on any atom is -0.497 e. The number of benzene rings is 1. The van der Waals surface area contributed by atoms with Gasteiger partial charge in [-0.05, 0) is 35.7 Å². The van der Waals surface area contributed by atoms with Crippen LogP contribution in [-0.4, -0.2) is 35.3 Å². The molecule has 1 amide bonds. The summed E-state index contributed by atoms with van der Waals surface area (Å²) < 4.78 is 35.4. The van der Waals surface area contributed by atoms with Gasteiger partial charge in [-0.15, -0.1) is 11.3 Å². The number of nitrogens with one attached hydrogen (secondary N) is 1. The van der Waals surface area contributed by atoms with Crippen molar-refractivity contribution in [1.29, 1.82) is 0 Å². The molecule has 0 saturated carbocycles.